The smallest absolute Gasteiger partial charge is 0.241 e. The molecule has 0 spiro atoms. The monoisotopic (exact) mass is 440 g/mol. The number of benzene rings is 2. The van der Waals surface area contributed by atoms with Crippen LogP contribution in [0.15, 0.2) is 60.0 Å². The normalized spacial score (nSPS) is 19.3. The number of para-hydroxylation sites is 1. The molecule has 1 heterocycles. The van der Waals surface area contributed by atoms with Crippen LogP contribution in [0, 0.1) is 0 Å². The largest absolute Gasteiger partial charge is 0.496 e. The summed E-state index contributed by atoms with van der Waals surface area (Å²) in [6.07, 6.45) is 7.55. The van der Waals surface area contributed by atoms with Crippen molar-refractivity contribution in [3.63, 3.8) is 0 Å². The van der Waals surface area contributed by atoms with Crippen LogP contribution in [0.2, 0.25) is 0 Å². The molecule has 1 N–H and O–H groups in total. The molecular weight excluding hydrogens is 412 g/mol. The molecule has 2 aromatic carbocycles. The molecule has 31 heavy (non-hydrogen) atoms. The molecule has 0 amide bonds. The van der Waals surface area contributed by atoms with E-state index in [0.29, 0.717) is 11.3 Å². The molecule has 1 saturated carbocycles. The van der Waals surface area contributed by atoms with E-state index < -0.39 is 10.0 Å². The molecule has 4 rings (SSSR count). The van der Waals surface area contributed by atoms with Gasteiger partial charge in [-0.25, -0.2) is 13.1 Å². The van der Waals surface area contributed by atoms with Gasteiger partial charge in [0.15, 0.2) is 0 Å². The first-order chi connectivity index (χ1) is 15.0. The second kappa shape index (κ2) is 9.20. The average molecular weight is 441 g/mol. The molecule has 1 unspecified atom stereocenters. The fourth-order valence-electron chi connectivity index (χ4n) is 4.39. The molecule has 0 radical (unpaired) electrons. The van der Waals surface area contributed by atoms with Crippen LogP contribution >= 0.6 is 0 Å². The van der Waals surface area contributed by atoms with Gasteiger partial charge < -0.3 is 9.30 Å². The Bertz CT molecular complexity index is 1130. The maximum Gasteiger partial charge on any atom is 0.241 e. The van der Waals surface area contributed by atoms with Gasteiger partial charge >= 0.3 is 0 Å². The zero-order valence-electron chi connectivity index (χ0n) is 17.9. The van der Waals surface area contributed by atoms with Crippen LogP contribution in [0.5, 0.6) is 5.75 Å². The zero-order valence-corrected chi connectivity index (χ0v) is 18.7. The van der Waals surface area contributed by atoms with Crippen LogP contribution in [-0.4, -0.2) is 36.3 Å². The molecule has 2 atom stereocenters. The third-order valence-corrected chi connectivity index (χ3v) is 7.60. The van der Waals surface area contributed by atoms with Gasteiger partial charge in [0.2, 0.25) is 10.0 Å². The van der Waals surface area contributed by atoms with E-state index in [0.717, 1.165) is 48.1 Å². The molecule has 0 aliphatic heterocycles. The van der Waals surface area contributed by atoms with E-state index in [4.69, 9.17) is 4.74 Å². The number of aryl methyl sites for hydroxylation is 1. The van der Waals surface area contributed by atoms with Gasteiger partial charge in [-0.1, -0.05) is 31.2 Å². The first-order valence-corrected chi connectivity index (χ1v) is 12.1. The van der Waals surface area contributed by atoms with Gasteiger partial charge in [-0.05, 0) is 61.4 Å². The number of aromatic nitrogens is 3. The van der Waals surface area contributed by atoms with Gasteiger partial charge in [0.25, 0.3) is 0 Å². The number of ether oxygens (including phenoxy) is 1. The quantitative estimate of drug-likeness (QED) is 0.601. The van der Waals surface area contributed by atoms with Crippen molar-refractivity contribution in [1.82, 2.24) is 19.5 Å². The summed E-state index contributed by atoms with van der Waals surface area (Å²) in [5.41, 5.74) is 2.68. The summed E-state index contributed by atoms with van der Waals surface area (Å²) in [5.74, 6) is 0.764. The summed E-state index contributed by atoms with van der Waals surface area (Å²) in [4.78, 5) is 0.347. The molecule has 1 aliphatic carbocycles. The third kappa shape index (κ3) is 4.65. The van der Waals surface area contributed by atoms with Gasteiger partial charge in [-0.3, -0.25) is 0 Å². The van der Waals surface area contributed by atoms with Crippen molar-refractivity contribution in [3.8, 4) is 16.9 Å². The van der Waals surface area contributed by atoms with Crippen molar-refractivity contribution in [2.75, 3.05) is 7.11 Å². The van der Waals surface area contributed by atoms with E-state index in [1.165, 1.54) is 0 Å². The molecule has 1 aromatic heterocycles. The Morgan fingerprint density at radius 1 is 1.13 bits per heavy atom. The van der Waals surface area contributed by atoms with E-state index in [1.54, 1.807) is 25.8 Å². The number of nitrogens with zero attached hydrogens (tertiary/aromatic N) is 3. The second-order valence-corrected chi connectivity index (χ2v) is 9.61. The lowest BCUT2D eigenvalue weighted by atomic mass is 9.91. The van der Waals surface area contributed by atoms with Crippen molar-refractivity contribution < 1.29 is 13.2 Å². The van der Waals surface area contributed by atoms with Crippen LogP contribution in [0.1, 0.15) is 44.2 Å². The van der Waals surface area contributed by atoms with Crippen molar-refractivity contribution in [1.29, 1.82) is 0 Å². The molecule has 1 fully saturated rings. The van der Waals surface area contributed by atoms with Crippen LogP contribution in [0.3, 0.4) is 0 Å². The Morgan fingerprint density at radius 2 is 1.90 bits per heavy atom. The predicted octanol–water partition coefficient (Wildman–Crippen LogP) is 3.98. The zero-order chi connectivity index (χ0) is 21.8. The Labute approximate surface area is 183 Å². The maximum absolute atomic E-state index is 13.3. The minimum absolute atomic E-state index is 0.107. The minimum Gasteiger partial charge on any atom is -0.496 e. The summed E-state index contributed by atoms with van der Waals surface area (Å²) in [7, 11) is -1.99. The van der Waals surface area contributed by atoms with Crippen LogP contribution in [-0.2, 0) is 16.4 Å². The lowest BCUT2D eigenvalue weighted by Crippen LogP contribution is -2.39. The lowest BCUT2D eigenvalue weighted by molar-refractivity contribution is 0.305. The first kappa shape index (κ1) is 21.5. The summed E-state index contributed by atoms with van der Waals surface area (Å²) < 4.78 is 36.9. The maximum atomic E-state index is 13.3. The number of hydrogen-bond donors (Lipinski definition) is 1. The third-order valence-electron chi connectivity index (χ3n) is 5.98. The molecule has 7 nitrogen and oxygen atoms in total. The van der Waals surface area contributed by atoms with Gasteiger partial charge in [-0.15, -0.1) is 10.2 Å². The Morgan fingerprint density at radius 3 is 2.65 bits per heavy atom. The molecule has 164 valence electrons. The second-order valence-electron chi connectivity index (χ2n) is 7.92. The van der Waals surface area contributed by atoms with E-state index in [-0.39, 0.29) is 12.1 Å². The average Bonchev–Trinajstić information content (AvgIpc) is 3.33. The van der Waals surface area contributed by atoms with Crippen molar-refractivity contribution >= 4 is 10.0 Å². The Kier molecular flexibility index (Phi) is 6.38. The molecular formula is C23H28N4O3S. The number of hydrogen-bond acceptors (Lipinski definition) is 5. The van der Waals surface area contributed by atoms with Crippen LogP contribution in [0.25, 0.3) is 11.1 Å². The standard InChI is InChI=1S/C23H28N4O3S/c1-3-17-13-18(21-9-4-5-10-22(21)30-2)11-12-23(17)31(28,29)26-19-7-6-8-20(14-19)27-15-24-25-16-27/h4-5,9-13,15-16,19-20,26H,3,6-8,14H2,1-2H3/t19?,20-/m1/s1. The topological polar surface area (TPSA) is 86.1 Å². The van der Waals surface area contributed by atoms with Gasteiger partial charge in [-0.2, -0.15) is 0 Å². The minimum atomic E-state index is -3.63. The highest BCUT2D eigenvalue weighted by molar-refractivity contribution is 7.89. The van der Waals surface area contributed by atoms with Gasteiger partial charge in [0, 0.05) is 17.6 Å². The number of rotatable bonds is 7. The van der Waals surface area contributed by atoms with Gasteiger partial charge in [0.1, 0.15) is 18.4 Å². The molecule has 0 bridgehead atoms. The predicted molar refractivity (Wildman–Crippen MR) is 119 cm³/mol. The summed E-state index contributed by atoms with van der Waals surface area (Å²) >= 11 is 0. The molecule has 1 aliphatic rings. The SMILES string of the molecule is CCc1cc(-c2ccccc2OC)ccc1S(=O)(=O)NC1CCC[C@@H](n2cnnc2)C1. The van der Waals surface area contributed by atoms with E-state index in [9.17, 15) is 8.42 Å². The highest BCUT2D eigenvalue weighted by atomic mass is 32.2. The van der Waals surface area contributed by atoms with Gasteiger partial charge in [0.05, 0.1) is 12.0 Å². The van der Waals surface area contributed by atoms with Crippen molar-refractivity contribution in [3.05, 3.63) is 60.7 Å². The van der Waals surface area contributed by atoms with Crippen molar-refractivity contribution in [2.45, 2.75) is 56.0 Å². The number of sulfonamides is 1. The number of nitrogens with one attached hydrogen (secondary N) is 1. The van der Waals surface area contributed by atoms with E-state index in [1.807, 2.05) is 47.9 Å². The Balaban J connectivity index is 1.58. The lowest BCUT2D eigenvalue weighted by Gasteiger charge is -2.30. The highest BCUT2D eigenvalue weighted by Crippen LogP contribution is 2.33. The van der Waals surface area contributed by atoms with Crippen LogP contribution in [0.4, 0.5) is 0 Å². The molecule has 3 aromatic rings. The van der Waals surface area contributed by atoms with Crippen molar-refractivity contribution in [2.24, 2.45) is 0 Å². The summed E-state index contributed by atoms with van der Waals surface area (Å²) in [6.45, 7) is 1.98. The van der Waals surface area contributed by atoms with Crippen LogP contribution < -0.4 is 9.46 Å². The fourth-order valence-corrected chi connectivity index (χ4v) is 5.97. The van der Waals surface area contributed by atoms with E-state index >= 15 is 0 Å². The fraction of sp³-hybridized carbons (Fsp3) is 0.391. The molecule has 8 heteroatoms. The number of methoxy groups -OCH3 is 1. The Hall–Kier alpha value is -2.71. The van der Waals surface area contributed by atoms with E-state index in [2.05, 4.69) is 14.9 Å². The first-order valence-electron chi connectivity index (χ1n) is 10.6. The highest BCUT2D eigenvalue weighted by Gasteiger charge is 2.28. The molecule has 0 saturated heterocycles. The summed E-state index contributed by atoms with van der Waals surface area (Å²) in [5, 5.41) is 7.76. The summed E-state index contributed by atoms with van der Waals surface area (Å²) in [6, 6.07) is 13.4.